The smallest absolute Gasteiger partial charge is 0.162 e. The Bertz CT molecular complexity index is 803. The van der Waals surface area contributed by atoms with Gasteiger partial charge in [-0.15, -0.1) is 6.58 Å². The van der Waals surface area contributed by atoms with Crippen LogP contribution in [0.1, 0.15) is 0 Å². The molecule has 0 saturated carbocycles. The summed E-state index contributed by atoms with van der Waals surface area (Å²) >= 11 is 0. The van der Waals surface area contributed by atoms with Crippen LogP contribution in [-0.4, -0.2) is 23.6 Å². The molecule has 0 saturated heterocycles. The van der Waals surface area contributed by atoms with E-state index in [1.54, 1.807) is 7.11 Å². The SMILES string of the molecule is C=CCNc1nc(-c2ccc(OC)cc2)nc2ccccc12.[Cl-]. The molecule has 1 aromatic heterocycles. The molecule has 5 heteroatoms. The van der Waals surface area contributed by atoms with Gasteiger partial charge in [0.15, 0.2) is 5.82 Å². The van der Waals surface area contributed by atoms with Gasteiger partial charge in [-0.2, -0.15) is 0 Å². The van der Waals surface area contributed by atoms with Gasteiger partial charge in [0.1, 0.15) is 11.6 Å². The highest BCUT2D eigenvalue weighted by Gasteiger charge is 2.08. The van der Waals surface area contributed by atoms with Crippen LogP contribution in [0.5, 0.6) is 5.75 Å². The van der Waals surface area contributed by atoms with E-state index in [9.17, 15) is 0 Å². The number of nitrogens with one attached hydrogen (secondary N) is 1. The lowest BCUT2D eigenvalue weighted by Gasteiger charge is -2.10. The molecule has 23 heavy (non-hydrogen) atoms. The minimum atomic E-state index is 0. The first kappa shape index (κ1) is 16.8. The molecule has 0 aliphatic heterocycles. The van der Waals surface area contributed by atoms with Gasteiger partial charge in [-0.05, 0) is 36.4 Å². The fourth-order valence-electron chi connectivity index (χ4n) is 2.25. The first-order valence-electron chi connectivity index (χ1n) is 7.08. The molecule has 4 nitrogen and oxygen atoms in total. The van der Waals surface area contributed by atoms with Gasteiger partial charge in [0.2, 0.25) is 0 Å². The number of benzene rings is 2. The molecule has 0 amide bonds. The molecular weight excluding hydrogens is 310 g/mol. The third-order valence-electron chi connectivity index (χ3n) is 3.37. The molecule has 118 valence electrons. The predicted molar refractivity (Wildman–Crippen MR) is 90.2 cm³/mol. The van der Waals surface area contributed by atoms with E-state index < -0.39 is 0 Å². The summed E-state index contributed by atoms with van der Waals surface area (Å²) in [5, 5.41) is 4.28. The van der Waals surface area contributed by atoms with E-state index in [2.05, 4.69) is 21.9 Å². The molecule has 0 atom stereocenters. The number of ether oxygens (including phenoxy) is 1. The van der Waals surface area contributed by atoms with E-state index in [1.165, 1.54) is 0 Å². The molecule has 3 rings (SSSR count). The van der Waals surface area contributed by atoms with E-state index in [4.69, 9.17) is 4.74 Å². The Kier molecular flexibility index (Phi) is 5.55. The first-order chi connectivity index (χ1) is 10.8. The van der Waals surface area contributed by atoms with Crippen molar-refractivity contribution in [1.29, 1.82) is 0 Å². The van der Waals surface area contributed by atoms with Crippen LogP contribution >= 0.6 is 0 Å². The van der Waals surface area contributed by atoms with Gasteiger partial charge in [-0.25, -0.2) is 9.97 Å². The molecule has 0 spiro atoms. The van der Waals surface area contributed by atoms with Crippen LogP contribution in [0.25, 0.3) is 22.3 Å². The second kappa shape index (κ2) is 7.61. The topological polar surface area (TPSA) is 47.0 Å². The number of halogens is 1. The molecule has 0 bridgehead atoms. The second-order valence-electron chi connectivity index (χ2n) is 4.81. The summed E-state index contributed by atoms with van der Waals surface area (Å²) in [4.78, 5) is 9.31. The van der Waals surface area contributed by atoms with Crippen LogP contribution in [0.2, 0.25) is 0 Å². The number of rotatable bonds is 5. The Balaban J connectivity index is 0.00000192. The average molecular weight is 327 g/mol. The van der Waals surface area contributed by atoms with Crippen LogP contribution in [0.4, 0.5) is 5.82 Å². The summed E-state index contributed by atoms with van der Waals surface area (Å²) in [6.45, 7) is 4.39. The quantitative estimate of drug-likeness (QED) is 0.708. The van der Waals surface area contributed by atoms with Crippen molar-refractivity contribution in [3.8, 4) is 17.1 Å². The van der Waals surface area contributed by atoms with Crippen LogP contribution < -0.4 is 22.5 Å². The highest BCUT2D eigenvalue weighted by molar-refractivity contribution is 5.90. The normalized spacial score (nSPS) is 9.96. The molecule has 3 aromatic rings. The lowest BCUT2D eigenvalue weighted by atomic mass is 10.1. The van der Waals surface area contributed by atoms with E-state index in [1.807, 2.05) is 54.6 Å². The lowest BCUT2D eigenvalue weighted by Crippen LogP contribution is -3.00. The maximum absolute atomic E-state index is 5.19. The third-order valence-corrected chi connectivity index (χ3v) is 3.37. The van der Waals surface area contributed by atoms with Crippen molar-refractivity contribution in [1.82, 2.24) is 9.97 Å². The van der Waals surface area contributed by atoms with E-state index in [0.29, 0.717) is 12.4 Å². The summed E-state index contributed by atoms with van der Waals surface area (Å²) in [6, 6.07) is 15.7. The summed E-state index contributed by atoms with van der Waals surface area (Å²) in [6.07, 6.45) is 1.81. The molecule has 1 N–H and O–H groups in total. The number of hydrogen-bond donors (Lipinski definition) is 1. The summed E-state index contributed by atoms with van der Waals surface area (Å²) in [7, 11) is 1.65. The number of methoxy groups -OCH3 is 1. The maximum Gasteiger partial charge on any atom is 0.162 e. The van der Waals surface area contributed by atoms with Crippen LogP contribution in [-0.2, 0) is 0 Å². The van der Waals surface area contributed by atoms with Crippen LogP contribution in [0.15, 0.2) is 61.2 Å². The predicted octanol–water partition coefficient (Wildman–Crippen LogP) is 0.907. The molecule has 0 radical (unpaired) electrons. The standard InChI is InChI=1S/C18H17N3O.ClH/c1-3-12-19-18-15-6-4-5-7-16(15)20-17(21-18)13-8-10-14(22-2)11-9-13;/h3-11H,1,12H2,2H3,(H,19,20,21);1H/p-1. The van der Waals surface area contributed by atoms with Crippen molar-refractivity contribution < 1.29 is 17.1 Å². The van der Waals surface area contributed by atoms with Crippen molar-refractivity contribution in [3.05, 3.63) is 61.2 Å². The molecule has 0 aliphatic carbocycles. The Labute approximate surface area is 141 Å². The Morgan fingerprint density at radius 3 is 2.52 bits per heavy atom. The monoisotopic (exact) mass is 326 g/mol. The van der Waals surface area contributed by atoms with E-state index in [-0.39, 0.29) is 12.4 Å². The summed E-state index contributed by atoms with van der Waals surface area (Å²) in [5.41, 5.74) is 1.86. The van der Waals surface area contributed by atoms with Crippen LogP contribution in [0.3, 0.4) is 0 Å². The van der Waals surface area contributed by atoms with Crippen molar-refractivity contribution in [2.24, 2.45) is 0 Å². The zero-order valence-corrected chi connectivity index (χ0v) is 13.5. The zero-order valence-electron chi connectivity index (χ0n) is 12.8. The minimum Gasteiger partial charge on any atom is -1.00 e. The highest BCUT2D eigenvalue weighted by atomic mass is 35.5. The number of para-hydroxylation sites is 1. The second-order valence-corrected chi connectivity index (χ2v) is 4.81. The maximum atomic E-state index is 5.19. The van der Waals surface area contributed by atoms with Crippen molar-refractivity contribution in [2.45, 2.75) is 0 Å². The van der Waals surface area contributed by atoms with Gasteiger partial charge in [-0.1, -0.05) is 18.2 Å². The number of anilines is 1. The van der Waals surface area contributed by atoms with Gasteiger partial charge in [0.25, 0.3) is 0 Å². The Morgan fingerprint density at radius 2 is 1.83 bits per heavy atom. The van der Waals surface area contributed by atoms with Gasteiger partial charge >= 0.3 is 0 Å². The Hall–Kier alpha value is -2.59. The number of fused-ring (bicyclic) bond motifs is 1. The van der Waals surface area contributed by atoms with Gasteiger partial charge in [0.05, 0.1) is 12.6 Å². The summed E-state index contributed by atoms with van der Waals surface area (Å²) < 4.78 is 5.19. The van der Waals surface area contributed by atoms with Gasteiger partial charge < -0.3 is 22.5 Å². The number of hydrogen-bond acceptors (Lipinski definition) is 4. The van der Waals surface area contributed by atoms with Crippen molar-refractivity contribution in [2.75, 3.05) is 19.0 Å². The number of aromatic nitrogens is 2. The molecule has 2 aromatic carbocycles. The molecule has 0 fully saturated rings. The van der Waals surface area contributed by atoms with Crippen LogP contribution in [0, 0.1) is 0 Å². The Morgan fingerprint density at radius 1 is 1.09 bits per heavy atom. The fraction of sp³-hybridized carbons (Fsp3) is 0.111. The highest BCUT2D eigenvalue weighted by Crippen LogP contribution is 2.25. The average Bonchev–Trinajstić information content (AvgIpc) is 2.59. The van der Waals surface area contributed by atoms with Crippen molar-refractivity contribution in [3.63, 3.8) is 0 Å². The zero-order chi connectivity index (χ0) is 15.4. The third kappa shape index (κ3) is 3.60. The van der Waals surface area contributed by atoms with E-state index >= 15 is 0 Å². The van der Waals surface area contributed by atoms with Crippen molar-refractivity contribution >= 4 is 16.7 Å². The lowest BCUT2D eigenvalue weighted by molar-refractivity contribution is -0.00000480. The summed E-state index contributed by atoms with van der Waals surface area (Å²) in [5.74, 6) is 2.32. The molecule has 0 aliphatic rings. The minimum absolute atomic E-state index is 0. The van der Waals surface area contributed by atoms with Gasteiger partial charge in [-0.3, -0.25) is 0 Å². The fourth-order valence-corrected chi connectivity index (χ4v) is 2.25. The van der Waals surface area contributed by atoms with E-state index in [0.717, 1.165) is 28.0 Å². The number of nitrogens with zero attached hydrogens (tertiary/aromatic N) is 2. The largest absolute Gasteiger partial charge is 1.00 e. The first-order valence-corrected chi connectivity index (χ1v) is 7.08. The molecule has 0 unspecified atom stereocenters. The molecular formula is C18H17ClN3O-. The van der Waals surface area contributed by atoms with Gasteiger partial charge in [0, 0.05) is 17.5 Å². The molecule has 1 heterocycles.